The lowest BCUT2D eigenvalue weighted by Gasteiger charge is -2.21. The molecule has 0 spiro atoms. The molecule has 0 aromatic rings. The zero-order chi connectivity index (χ0) is 38.7. The van der Waals surface area contributed by atoms with Gasteiger partial charge in [-0.05, 0) is 44.9 Å². The number of carbonyl (C=O) groups is 1. The van der Waals surface area contributed by atoms with Crippen molar-refractivity contribution in [3.8, 4) is 0 Å². The summed E-state index contributed by atoms with van der Waals surface area (Å²) in [4.78, 5) is 12.4. The van der Waals surface area contributed by atoms with E-state index in [1.807, 2.05) is 6.08 Å². The summed E-state index contributed by atoms with van der Waals surface area (Å²) in [6.07, 6.45) is 54.4. The summed E-state index contributed by atoms with van der Waals surface area (Å²) in [5.41, 5.74) is 0. The Bertz CT molecular complexity index is 824. The van der Waals surface area contributed by atoms with Crippen LogP contribution in [0, 0.1) is 0 Å². The molecular weight excluding hydrogens is 655 g/mol. The summed E-state index contributed by atoms with van der Waals surface area (Å²) in [7, 11) is 0. The van der Waals surface area contributed by atoms with E-state index in [1.54, 1.807) is 6.08 Å². The Morgan fingerprint density at radius 3 is 1.21 bits per heavy atom. The molecule has 0 aromatic carbocycles. The van der Waals surface area contributed by atoms with E-state index in [4.69, 9.17) is 0 Å². The van der Waals surface area contributed by atoms with E-state index in [9.17, 15) is 20.1 Å². The van der Waals surface area contributed by atoms with Gasteiger partial charge in [0.25, 0.3) is 0 Å². The van der Waals surface area contributed by atoms with Crippen molar-refractivity contribution in [2.75, 3.05) is 6.61 Å². The fourth-order valence-electron chi connectivity index (χ4n) is 7.08. The van der Waals surface area contributed by atoms with Gasteiger partial charge in [-0.2, -0.15) is 0 Å². The highest BCUT2D eigenvalue weighted by atomic mass is 16.3. The summed E-state index contributed by atoms with van der Waals surface area (Å²) in [5, 5.41) is 33.2. The van der Waals surface area contributed by atoms with Crippen LogP contribution in [-0.4, -0.2) is 46.1 Å². The summed E-state index contributed by atoms with van der Waals surface area (Å²) in [6, 6.07) is -0.765. The van der Waals surface area contributed by atoms with E-state index in [0.29, 0.717) is 6.42 Å². The maximum absolute atomic E-state index is 12.4. The predicted molar refractivity (Wildman–Crippen MR) is 231 cm³/mol. The zero-order valence-electron chi connectivity index (χ0n) is 35.4. The summed E-state index contributed by atoms with van der Waals surface area (Å²) in [5.74, 6) is -0.327. The van der Waals surface area contributed by atoms with E-state index in [2.05, 4.69) is 43.5 Å². The van der Waals surface area contributed by atoms with Gasteiger partial charge in [0.1, 0.15) is 0 Å². The largest absolute Gasteiger partial charge is 0.394 e. The lowest BCUT2D eigenvalue weighted by molar-refractivity contribution is -0.124. The molecule has 0 rings (SSSR count). The number of aliphatic hydroxyl groups is 3. The summed E-state index contributed by atoms with van der Waals surface area (Å²) >= 11 is 0. The minimum absolute atomic E-state index is 0.00514. The van der Waals surface area contributed by atoms with Gasteiger partial charge in [-0.3, -0.25) is 4.79 Å². The van der Waals surface area contributed by atoms with Crippen molar-refractivity contribution < 1.29 is 20.1 Å². The molecule has 5 heteroatoms. The Morgan fingerprint density at radius 1 is 0.472 bits per heavy atom. The first-order chi connectivity index (χ1) is 26.0. The van der Waals surface area contributed by atoms with Crippen LogP contribution in [0.5, 0.6) is 0 Å². The zero-order valence-corrected chi connectivity index (χ0v) is 35.4. The van der Waals surface area contributed by atoms with Gasteiger partial charge in [0.05, 0.1) is 31.3 Å². The van der Waals surface area contributed by atoms with E-state index in [0.717, 1.165) is 38.5 Å². The van der Waals surface area contributed by atoms with Crippen LogP contribution in [0.15, 0.2) is 36.5 Å². The molecule has 3 atom stereocenters. The standard InChI is InChI=1S/C48H91NO4/c1-3-5-7-9-11-13-15-17-19-20-21-22-23-24-25-26-28-29-31-33-35-37-39-41-45(51)43-48(53)49-46(44-50)47(52)42-40-38-36-34-32-30-27-18-16-14-12-10-8-6-4-2/h16,18,32,34,40,42,45-47,50-52H,3-15,17,19-31,33,35-39,41,43-44H2,1-2H3,(H,49,53)/b18-16+,34-32+,42-40+. The monoisotopic (exact) mass is 746 g/mol. The van der Waals surface area contributed by atoms with Crippen LogP contribution in [0.4, 0.5) is 0 Å². The van der Waals surface area contributed by atoms with E-state index in [1.165, 1.54) is 173 Å². The minimum Gasteiger partial charge on any atom is -0.394 e. The molecule has 0 aliphatic heterocycles. The number of carbonyl (C=O) groups excluding carboxylic acids is 1. The van der Waals surface area contributed by atoms with Crippen LogP contribution in [0.3, 0.4) is 0 Å². The van der Waals surface area contributed by atoms with Crippen LogP contribution < -0.4 is 5.32 Å². The van der Waals surface area contributed by atoms with E-state index < -0.39 is 18.2 Å². The summed E-state index contributed by atoms with van der Waals surface area (Å²) < 4.78 is 0. The minimum atomic E-state index is -0.957. The number of nitrogens with one attached hydrogen (secondary N) is 1. The molecule has 0 bridgehead atoms. The SMILES string of the molecule is CCCCCCC/C=C/CC/C=C/CC/C=C/C(O)C(CO)NC(=O)CC(O)CCCCCCCCCCCCCCCCCCCCCCCCC. The van der Waals surface area contributed by atoms with Crippen LogP contribution in [0.1, 0.15) is 239 Å². The molecule has 4 N–H and O–H groups in total. The number of rotatable bonds is 42. The number of unbranched alkanes of at least 4 members (excludes halogenated alkanes) is 29. The smallest absolute Gasteiger partial charge is 0.222 e. The second kappa shape index (κ2) is 43.3. The van der Waals surface area contributed by atoms with Crippen molar-refractivity contribution in [1.29, 1.82) is 0 Å². The molecule has 0 radical (unpaired) electrons. The third-order valence-electron chi connectivity index (χ3n) is 10.7. The Labute approximate surface area is 330 Å². The highest BCUT2D eigenvalue weighted by Gasteiger charge is 2.20. The fourth-order valence-corrected chi connectivity index (χ4v) is 7.08. The van der Waals surface area contributed by atoms with Gasteiger partial charge in [-0.25, -0.2) is 0 Å². The topological polar surface area (TPSA) is 89.8 Å². The first kappa shape index (κ1) is 51.6. The number of aliphatic hydroxyl groups excluding tert-OH is 3. The molecule has 0 saturated carbocycles. The van der Waals surface area contributed by atoms with Crippen molar-refractivity contribution in [2.24, 2.45) is 0 Å². The Morgan fingerprint density at radius 2 is 0.811 bits per heavy atom. The van der Waals surface area contributed by atoms with Gasteiger partial charge in [-0.15, -0.1) is 0 Å². The van der Waals surface area contributed by atoms with Gasteiger partial charge < -0.3 is 20.6 Å². The molecule has 312 valence electrons. The molecular formula is C48H91NO4. The normalized spacial score (nSPS) is 13.8. The van der Waals surface area contributed by atoms with Gasteiger partial charge in [0.2, 0.25) is 5.91 Å². The van der Waals surface area contributed by atoms with Gasteiger partial charge in [0, 0.05) is 0 Å². The summed E-state index contributed by atoms with van der Waals surface area (Å²) in [6.45, 7) is 4.19. The van der Waals surface area contributed by atoms with Gasteiger partial charge >= 0.3 is 0 Å². The van der Waals surface area contributed by atoms with E-state index >= 15 is 0 Å². The Kier molecular flexibility index (Phi) is 42.1. The van der Waals surface area contributed by atoms with Gasteiger partial charge in [-0.1, -0.05) is 224 Å². The van der Waals surface area contributed by atoms with Crippen molar-refractivity contribution in [3.05, 3.63) is 36.5 Å². The van der Waals surface area contributed by atoms with Crippen LogP contribution in [-0.2, 0) is 4.79 Å². The molecule has 0 aliphatic rings. The van der Waals surface area contributed by atoms with Crippen molar-refractivity contribution in [3.63, 3.8) is 0 Å². The number of hydrogen-bond donors (Lipinski definition) is 4. The average Bonchev–Trinajstić information content (AvgIpc) is 3.15. The van der Waals surface area contributed by atoms with E-state index in [-0.39, 0.29) is 18.9 Å². The molecule has 0 fully saturated rings. The second-order valence-corrected chi connectivity index (χ2v) is 16.0. The lowest BCUT2D eigenvalue weighted by atomic mass is 10.0. The van der Waals surface area contributed by atoms with Crippen LogP contribution >= 0.6 is 0 Å². The fraction of sp³-hybridized carbons (Fsp3) is 0.854. The number of hydrogen-bond acceptors (Lipinski definition) is 4. The molecule has 1 amide bonds. The molecule has 3 unspecified atom stereocenters. The van der Waals surface area contributed by atoms with Crippen molar-refractivity contribution in [1.82, 2.24) is 5.32 Å². The Hall–Kier alpha value is -1.43. The average molecular weight is 746 g/mol. The number of allylic oxidation sites excluding steroid dienone is 5. The predicted octanol–water partition coefficient (Wildman–Crippen LogP) is 13.5. The second-order valence-electron chi connectivity index (χ2n) is 16.0. The first-order valence-electron chi connectivity index (χ1n) is 23.3. The third kappa shape index (κ3) is 40.1. The Balaban J connectivity index is 3.64. The molecule has 0 aliphatic carbocycles. The first-order valence-corrected chi connectivity index (χ1v) is 23.3. The van der Waals surface area contributed by atoms with Crippen LogP contribution in [0.25, 0.3) is 0 Å². The maximum Gasteiger partial charge on any atom is 0.222 e. The lowest BCUT2D eigenvalue weighted by Crippen LogP contribution is -2.45. The molecule has 53 heavy (non-hydrogen) atoms. The van der Waals surface area contributed by atoms with Gasteiger partial charge in [0.15, 0.2) is 0 Å². The third-order valence-corrected chi connectivity index (χ3v) is 10.7. The highest BCUT2D eigenvalue weighted by molar-refractivity contribution is 5.76. The molecule has 0 saturated heterocycles. The molecule has 5 nitrogen and oxygen atoms in total. The number of amides is 1. The van der Waals surface area contributed by atoms with Crippen molar-refractivity contribution in [2.45, 2.75) is 257 Å². The van der Waals surface area contributed by atoms with Crippen LogP contribution in [0.2, 0.25) is 0 Å². The maximum atomic E-state index is 12.4. The van der Waals surface area contributed by atoms with Crippen molar-refractivity contribution >= 4 is 5.91 Å². The molecule has 0 heterocycles. The highest BCUT2D eigenvalue weighted by Crippen LogP contribution is 2.16. The molecule has 0 aromatic heterocycles. The quantitative estimate of drug-likeness (QED) is 0.0370.